The molecule has 0 heterocycles. The Bertz CT molecular complexity index is 2050. The molecule has 0 bridgehead atoms. The monoisotopic (exact) mass is 854 g/mol. The molecule has 0 radical (unpaired) electrons. The largest absolute Gasteiger partial charge is 1.00 e. The van der Waals surface area contributed by atoms with Crippen LogP contribution in [0.2, 0.25) is 26.2 Å². The molecule has 8 aromatic rings. The summed E-state index contributed by atoms with van der Waals surface area (Å²) in [5.74, 6) is 0. The van der Waals surface area contributed by atoms with Gasteiger partial charge in [0, 0.05) is 0 Å². The zero-order valence-electron chi connectivity index (χ0n) is 34.3. The third-order valence-electron chi connectivity index (χ3n) is 8.45. The second-order valence-corrected chi connectivity index (χ2v) is 27.8. The van der Waals surface area contributed by atoms with Gasteiger partial charge in [-0.1, -0.05) is 74.2 Å². The topological polar surface area (TPSA) is 0 Å². The summed E-state index contributed by atoms with van der Waals surface area (Å²) in [6.07, 6.45) is 0.241. The molecule has 0 atom stereocenters. The number of hydrogen-bond acceptors (Lipinski definition) is 0. The van der Waals surface area contributed by atoms with E-state index in [4.69, 9.17) is 0 Å². The summed E-state index contributed by atoms with van der Waals surface area (Å²) in [7, 11) is 0. The zero-order chi connectivity index (χ0) is 38.5. The van der Waals surface area contributed by atoms with E-state index in [0.717, 1.165) is 0 Å². The molecule has 0 nitrogen and oxygen atoms in total. The molecule has 0 aliphatic heterocycles. The molecule has 0 aliphatic carbocycles. The van der Waals surface area contributed by atoms with Gasteiger partial charge in [0.2, 0.25) is 0 Å². The first-order valence-electron chi connectivity index (χ1n) is 18.1. The van der Waals surface area contributed by atoms with Crippen molar-refractivity contribution in [3.05, 3.63) is 166 Å². The fourth-order valence-electron chi connectivity index (χ4n) is 6.16. The van der Waals surface area contributed by atoms with Gasteiger partial charge in [-0.3, -0.25) is 0 Å². The summed E-state index contributed by atoms with van der Waals surface area (Å²) in [6, 6.07) is 43.6. The second kappa shape index (κ2) is 24.4. The molecule has 0 spiro atoms. The molecule has 8 aromatic carbocycles. The summed E-state index contributed by atoms with van der Waals surface area (Å²) < 4.78 is 0. The summed E-state index contributed by atoms with van der Waals surface area (Å²) in [5.41, 5.74) is 10.9. The van der Waals surface area contributed by atoms with Crippen LogP contribution in [0, 0.1) is 55.4 Å². The van der Waals surface area contributed by atoms with Gasteiger partial charge in [0.25, 0.3) is 0 Å². The van der Waals surface area contributed by atoms with Crippen LogP contribution in [-0.4, -0.2) is 12.4 Å². The molecule has 0 saturated heterocycles. The minimum absolute atomic E-state index is 0. The van der Waals surface area contributed by atoms with Crippen LogP contribution in [0.5, 0.6) is 0 Å². The minimum Gasteiger partial charge on any atom is -1.00 e. The van der Waals surface area contributed by atoms with Crippen LogP contribution >= 0.6 is 0 Å². The molecule has 0 aliphatic rings. The van der Waals surface area contributed by atoms with Crippen molar-refractivity contribution in [1.29, 1.82) is 0 Å². The second-order valence-electron chi connectivity index (χ2n) is 14.4. The molecule has 54 heavy (non-hydrogen) atoms. The van der Waals surface area contributed by atoms with Crippen LogP contribution in [0.3, 0.4) is 0 Å². The molecule has 0 unspecified atom stereocenters. The van der Waals surface area contributed by atoms with Crippen molar-refractivity contribution in [2.75, 3.05) is 0 Å². The van der Waals surface area contributed by atoms with Gasteiger partial charge in [0.15, 0.2) is 0 Å². The van der Waals surface area contributed by atoms with E-state index in [-0.39, 0.29) is 37.2 Å². The first kappa shape index (κ1) is 49.8. The first-order chi connectivity index (χ1) is 24.5. The Balaban J connectivity index is 0.000000334. The smallest absolute Gasteiger partial charge is 0.0488 e. The van der Waals surface area contributed by atoms with E-state index in [9.17, 15) is 0 Å². The Morgan fingerprint density at radius 3 is 0.667 bits per heavy atom. The van der Waals surface area contributed by atoms with Crippen molar-refractivity contribution >= 4 is 55.5 Å². The van der Waals surface area contributed by atoms with Gasteiger partial charge < -0.3 is 24.8 Å². The maximum atomic E-state index is 2.27. The zero-order valence-corrected chi connectivity index (χ0v) is 40.9. The van der Waals surface area contributed by atoms with Crippen molar-refractivity contribution in [3.8, 4) is 0 Å². The van der Waals surface area contributed by atoms with Crippen molar-refractivity contribution in [1.82, 2.24) is 0 Å². The Labute approximate surface area is 362 Å². The molecular weight excluding hydrogens is 799 g/mol. The van der Waals surface area contributed by atoms with Gasteiger partial charge in [0.1, 0.15) is 0 Å². The Kier molecular flexibility index (Phi) is 22.5. The Hall–Kier alpha value is -2.24. The molecule has 0 fully saturated rings. The molecule has 0 N–H and O–H groups in total. The van der Waals surface area contributed by atoms with Crippen molar-refractivity contribution in [2.45, 2.75) is 81.6 Å². The van der Waals surface area contributed by atoms with Gasteiger partial charge in [-0.25, -0.2) is 0 Å². The molecule has 8 rings (SSSR count). The van der Waals surface area contributed by atoms with E-state index in [1.54, 1.807) is 0 Å². The number of aryl methyl sites for hydroxylation is 8. The van der Waals surface area contributed by atoms with E-state index in [1.807, 2.05) is 0 Å². The predicted molar refractivity (Wildman–Crippen MR) is 231 cm³/mol. The van der Waals surface area contributed by atoms with E-state index in [1.165, 1.54) is 87.6 Å². The fourth-order valence-corrected chi connectivity index (χ4v) is 6.16. The fraction of sp³-hybridized carbons (Fsp3) is 0.250. The van der Waals surface area contributed by atoms with Crippen LogP contribution in [0.25, 0.3) is 43.1 Å². The maximum absolute atomic E-state index is 2.27. The van der Waals surface area contributed by atoms with E-state index >= 15 is 0 Å². The van der Waals surface area contributed by atoms with E-state index < -0.39 is 0 Å². The van der Waals surface area contributed by atoms with Gasteiger partial charge in [-0.2, -0.15) is 24.3 Å². The van der Waals surface area contributed by atoms with Crippen molar-refractivity contribution in [2.24, 2.45) is 0 Å². The van der Waals surface area contributed by atoms with Crippen LogP contribution in [-0.2, 0) is 38.3 Å². The van der Waals surface area contributed by atoms with Gasteiger partial charge in [-0.15, -0.1) is 138 Å². The van der Waals surface area contributed by atoms with E-state index in [2.05, 4.69) is 241 Å². The normalized spacial score (nSPS) is 9.78. The Morgan fingerprint density at radius 2 is 0.519 bits per heavy atom. The van der Waals surface area contributed by atoms with E-state index in [0.29, 0.717) is 0 Å². The third-order valence-corrected chi connectivity index (χ3v) is 8.45. The van der Waals surface area contributed by atoms with Crippen molar-refractivity contribution in [3.63, 3.8) is 0 Å². The van der Waals surface area contributed by atoms with Gasteiger partial charge >= 0.3 is 76.9 Å². The van der Waals surface area contributed by atoms with Gasteiger partial charge in [0.05, 0.1) is 0 Å². The third kappa shape index (κ3) is 16.1. The maximum Gasteiger partial charge on any atom is -0.0488 e. The minimum atomic E-state index is 0. The molecule has 0 saturated carbocycles. The summed E-state index contributed by atoms with van der Waals surface area (Å²) in [4.78, 5) is 0. The summed E-state index contributed by atoms with van der Waals surface area (Å²) in [6.45, 7) is 26.2. The molecular formula is C48H56Cl2Si2Ti2-2. The standard InChI is InChI=1S/4C11H11.2C2H6Si.2ClH.2Ti/c4*1-8-6-10-5-3-4-9(2)11(10)7-8;2*1-3-2;;;;/h4*3-7H,1-2H3;2*1-2H3;2*1H;;/q4*-1;;;;;2*+2/p-2. The number of fused-ring (bicyclic) bond motifs is 4. The molecule has 0 aromatic heterocycles. The average molecular weight is 856 g/mol. The number of halogens is 2. The molecule has 6 heteroatoms. The Morgan fingerprint density at radius 1 is 0.352 bits per heavy atom. The van der Waals surface area contributed by atoms with Gasteiger partial charge in [-0.05, 0) is 27.7 Å². The average Bonchev–Trinajstić information content (AvgIpc) is 3.83. The summed E-state index contributed by atoms with van der Waals surface area (Å²) in [5, 5.41) is 11.0. The summed E-state index contributed by atoms with van der Waals surface area (Å²) >= 11 is 4.54. The molecule has 280 valence electrons. The van der Waals surface area contributed by atoms with Crippen LogP contribution in [0.1, 0.15) is 44.5 Å². The van der Waals surface area contributed by atoms with Crippen LogP contribution in [0.15, 0.2) is 121 Å². The number of hydrogen-bond donors (Lipinski definition) is 0. The van der Waals surface area contributed by atoms with Crippen molar-refractivity contribution < 1.29 is 63.2 Å². The molecule has 0 amide bonds. The van der Waals surface area contributed by atoms with Crippen LogP contribution in [0.4, 0.5) is 0 Å². The number of rotatable bonds is 0. The first-order valence-corrected chi connectivity index (χ1v) is 27.8. The quantitative estimate of drug-likeness (QED) is 0.107. The number of benzene rings is 4. The predicted octanol–water partition coefficient (Wildman–Crippen LogP) is 8.28. The SMILES string of the molecule is C[Si](C)=[Ti+2].C[Si](C)=[Ti+2].Cc1cc2c(C)cccc2[cH-]1.Cc1cc2c(C)cccc2[cH-]1.Cc1cc2c(C)cccc2[cH-]1.Cc1cc2c(C)cccc2[cH-]1.[Cl-].[Cl-]. The van der Waals surface area contributed by atoms with Crippen LogP contribution < -0.4 is 24.8 Å².